The zero-order valence-electron chi connectivity index (χ0n) is 19.4. The summed E-state index contributed by atoms with van der Waals surface area (Å²) in [6.45, 7) is 3.05. The van der Waals surface area contributed by atoms with E-state index in [-0.39, 0.29) is 0 Å². The predicted molar refractivity (Wildman–Crippen MR) is 132 cm³/mol. The Bertz CT molecular complexity index is 1300. The van der Waals surface area contributed by atoms with Gasteiger partial charge in [0.2, 0.25) is 0 Å². The Labute approximate surface area is 207 Å². The third kappa shape index (κ3) is 3.72. The van der Waals surface area contributed by atoms with Crippen LogP contribution < -0.4 is 9.75 Å². The number of nitrogens with zero attached hydrogens (tertiary/aromatic N) is 2. The van der Waals surface area contributed by atoms with E-state index in [4.69, 9.17) is 30.9 Å². The molecular weight excluding hydrogens is 468 g/mol. The van der Waals surface area contributed by atoms with Crippen molar-refractivity contribution in [3.63, 3.8) is 0 Å². The second kappa shape index (κ2) is 8.43. The fourth-order valence-corrected chi connectivity index (χ4v) is 4.76. The summed E-state index contributed by atoms with van der Waals surface area (Å²) in [7, 11) is 1.57. The van der Waals surface area contributed by atoms with E-state index in [1.54, 1.807) is 43.5 Å². The number of carbonyl (C=O) groups excluding carboxylic acids is 2. The molecule has 2 heterocycles. The first-order valence-corrected chi connectivity index (χ1v) is 11.4. The SMILES string of the molecule is COc1ccc(C2C(c3ccccc3)=NN(c3cccc(Cl)c3)C23C(=O)OC(C)(C)OC3=O)cc1. The quantitative estimate of drug-likeness (QED) is 0.381. The van der Waals surface area contributed by atoms with E-state index in [2.05, 4.69) is 0 Å². The van der Waals surface area contributed by atoms with Crippen LogP contribution in [0.2, 0.25) is 5.02 Å². The zero-order valence-corrected chi connectivity index (χ0v) is 20.2. The number of benzene rings is 3. The topological polar surface area (TPSA) is 77.4 Å². The summed E-state index contributed by atoms with van der Waals surface area (Å²) in [6, 6.07) is 23.4. The highest BCUT2D eigenvalue weighted by Gasteiger charge is 2.69. The minimum atomic E-state index is -1.94. The number of ether oxygens (including phenoxy) is 3. The molecule has 0 aromatic heterocycles. The molecule has 35 heavy (non-hydrogen) atoms. The molecule has 1 unspecified atom stereocenters. The summed E-state index contributed by atoms with van der Waals surface area (Å²) in [5.41, 5.74) is 0.453. The molecule has 3 aromatic carbocycles. The van der Waals surface area contributed by atoms with Crippen molar-refractivity contribution < 1.29 is 23.8 Å². The molecule has 8 heteroatoms. The molecule has 2 aliphatic rings. The number of hydrazone groups is 1. The zero-order chi connectivity index (χ0) is 24.8. The third-order valence-electron chi connectivity index (χ3n) is 6.10. The third-order valence-corrected chi connectivity index (χ3v) is 6.34. The molecule has 3 aromatic rings. The van der Waals surface area contributed by atoms with E-state index in [0.717, 1.165) is 5.56 Å². The van der Waals surface area contributed by atoms with Crippen LogP contribution in [0.15, 0.2) is 84.0 Å². The van der Waals surface area contributed by atoms with Gasteiger partial charge in [-0.1, -0.05) is 60.1 Å². The molecule has 0 aliphatic carbocycles. The van der Waals surface area contributed by atoms with E-state index in [1.807, 2.05) is 42.5 Å². The van der Waals surface area contributed by atoms with E-state index in [1.165, 1.54) is 18.9 Å². The standard InChI is InChI=1S/C27H23ClN2O5/c1-26(2)34-24(31)27(25(32)35-26)22(17-12-14-21(33-3)15-13-17)23(18-8-5-4-6-9-18)29-30(27)20-11-7-10-19(28)16-20/h4-16,22H,1-3H3. The number of methoxy groups -OCH3 is 1. The van der Waals surface area contributed by atoms with Gasteiger partial charge in [-0.3, -0.25) is 0 Å². The van der Waals surface area contributed by atoms with Gasteiger partial charge in [0, 0.05) is 18.9 Å². The van der Waals surface area contributed by atoms with Crippen LogP contribution >= 0.6 is 11.6 Å². The lowest BCUT2D eigenvalue weighted by Gasteiger charge is -2.44. The number of carbonyl (C=O) groups is 2. The smallest absolute Gasteiger partial charge is 0.350 e. The van der Waals surface area contributed by atoms with Crippen LogP contribution in [-0.2, 0) is 19.1 Å². The molecule has 178 valence electrons. The van der Waals surface area contributed by atoms with Crippen molar-refractivity contribution in [2.45, 2.75) is 31.1 Å². The summed E-state index contributed by atoms with van der Waals surface area (Å²) in [4.78, 5) is 27.8. The van der Waals surface area contributed by atoms with Gasteiger partial charge in [0.15, 0.2) is 0 Å². The van der Waals surface area contributed by atoms with Gasteiger partial charge in [-0.2, -0.15) is 5.10 Å². The van der Waals surface area contributed by atoms with Crippen LogP contribution in [0, 0.1) is 0 Å². The first-order chi connectivity index (χ1) is 16.8. The number of hydrogen-bond acceptors (Lipinski definition) is 7. The van der Waals surface area contributed by atoms with Crippen molar-refractivity contribution >= 4 is 34.9 Å². The average molecular weight is 491 g/mol. The maximum atomic E-state index is 13.9. The normalized spacial score (nSPS) is 20.3. The summed E-state index contributed by atoms with van der Waals surface area (Å²) < 4.78 is 16.7. The summed E-state index contributed by atoms with van der Waals surface area (Å²) >= 11 is 6.29. The Balaban J connectivity index is 1.80. The average Bonchev–Trinajstić information content (AvgIpc) is 3.20. The van der Waals surface area contributed by atoms with E-state index < -0.39 is 29.2 Å². The highest BCUT2D eigenvalue weighted by molar-refractivity contribution is 6.31. The molecule has 1 fully saturated rings. The van der Waals surface area contributed by atoms with Crippen LogP contribution in [-0.4, -0.2) is 36.1 Å². The summed E-state index contributed by atoms with van der Waals surface area (Å²) in [5, 5.41) is 6.67. The predicted octanol–water partition coefficient (Wildman–Crippen LogP) is 4.93. The highest BCUT2D eigenvalue weighted by Crippen LogP contribution is 2.49. The number of cyclic esters (lactones) is 2. The summed E-state index contributed by atoms with van der Waals surface area (Å²) in [6.07, 6.45) is 0. The number of rotatable bonds is 4. The Morgan fingerprint density at radius 2 is 1.57 bits per heavy atom. The van der Waals surface area contributed by atoms with Gasteiger partial charge in [0.05, 0.1) is 24.4 Å². The molecule has 1 spiro atoms. The Morgan fingerprint density at radius 3 is 2.17 bits per heavy atom. The van der Waals surface area contributed by atoms with Gasteiger partial charge in [-0.15, -0.1) is 0 Å². The molecule has 2 aliphatic heterocycles. The van der Waals surface area contributed by atoms with Crippen LogP contribution in [0.4, 0.5) is 5.69 Å². The second-order valence-electron chi connectivity index (χ2n) is 8.79. The first kappa shape index (κ1) is 22.9. The van der Waals surface area contributed by atoms with E-state index in [0.29, 0.717) is 27.7 Å². The van der Waals surface area contributed by atoms with Crippen LogP contribution in [0.3, 0.4) is 0 Å². The lowest BCUT2D eigenvalue weighted by molar-refractivity contribution is -0.242. The summed E-state index contributed by atoms with van der Waals surface area (Å²) in [5.74, 6) is -3.13. The Kier molecular flexibility index (Phi) is 5.52. The molecule has 1 atom stereocenters. The maximum Gasteiger partial charge on any atom is 0.350 e. The van der Waals surface area contributed by atoms with Crippen LogP contribution in [0.25, 0.3) is 0 Å². The lowest BCUT2D eigenvalue weighted by atomic mass is 9.74. The molecule has 0 saturated carbocycles. The molecule has 0 radical (unpaired) electrons. The molecule has 0 bridgehead atoms. The molecule has 0 N–H and O–H groups in total. The number of hydrogen-bond donors (Lipinski definition) is 0. The second-order valence-corrected chi connectivity index (χ2v) is 9.23. The molecular formula is C27H23ClN2O5. The molecule has 1 saturated heterocycles. The Morgan fingerprint density at radius 1 is 0.914 bits per heavy atom. The van der Waals surface area contributed by atoms with Gasteiger partial charge < -0.3 is 14.2 Å². The van der Waals surface area contributed by atoms with Gasteiger partial charge >= 0.3 is 11.9 Å². The van der Waals surface area contributed by atoms with Gasteiger partial charge in [-0.25, -0.2) is 14.6 Å². The minimum Gasteiger partial charge on any atom is -0.497 e. The fraction of sp³-hybridized carbons (Fsp3) is 0.222. The van der Waals surface area contributed by atoms with Crippen molar-refractivity contribution in [3.8, 4) is 5.75 Å². The molecule has 0 amide bonds. The highest BCUT2D eigenvalue weighted by atomic mass is 35.5. The molecule has 5 rings (SSSR count). The van der Waals surface area contributed by atoms with Crippen LogP contribution in [0.1, 0.15) is 30.9 Å². The number of halogens is 1. The number of anilines is 1. The van der Waals surface area contributed by atoms with Gasteiger partial charge in [0.25, 0.3) is 11.3 Å². The van der Waals surface area contributed by atoms with Crippen molar-refractivity contribution in [1.29, 1.82) is 0 Å². The minimum absolute atomic E-state index is 0.430. The fourth-order valence-electron chi connectivity index (χ4n) is 4.58. The van der Waals surface area contributed by atoms with Crippen molar-refractivity contribution in [2.75, 3.05) is 12.1 Å². The van der Waals surface area contributed by atoms with Gasteiger partial charge in [-0.05, 0) is 41.5 Å². The van der Waals surface area contributed by atoms with E-state index >= 15 is 0 Å². The maximum absolute atomic E-state index is 13.9. The first-order valence-electron chi connectivity index (χ1n) is 11.1. The van der Waals surface area contributed by atoms with Crippen molar-refractivity contribution in [2.24, 2.45) is 5.10 Å². The monoisotopic (exact) mass is 490 g/mol. The molecule has 7 nitrogen and oxygen atoms in total. The Hall–Kier alpha value is -3.84. The largest absolute Gasteiger partial charge is 0.497 e. The van der Waals surface area contributed by atoms with E-state index in [9.17, 15) is 9.59 Å². The van der Waals surface area contributed by atoms with Crippen LogP contribution in [0.5, 0.6) is 5.75 Å². The van der Waals surface area contributed by atoms with Gasteiger partial charge in [0.1, 0.15) is 5.75 Å². The lowest BCUT2D eigenvalue weighted by Crippen LogP contribution is -2.67. The number of esters is 2. The van der Waals surface area contributed by atoms with Crippen molar-refractivity contribution in [1.82, 2.24) is 0 Å². The van der Waals surface area contributed by atoms with Crippen molar-refractivity contribution in [3.05, 3.63) is 95.0 Å².